The quantitative estimate of drug-likeness (QED) is 0.837. The molecule has 1 N–H and O–H groups in total. The lowest BCUT2D eigenvalue weighted by Crippen LogP contribution is -2.37. The van der Waals surface area contributed by atoms with Gasteiger partial charge in [-0.2, -0.15) is 0 Å². The highest BCUT2D eigenvalue weighted by atomic mass is 19.1. The molecular weight excluding hydrogens is 311 g/mol. The van der Waals surface area contributed by atoms with Crippen molar-refractivity contribution in [2.24, 2.45) is 11.8 Å². The molecule has 0 spiro atoms. The lowest BCUT2D eigenvalue weighted by atomic mass is 9.92. The minimum atomic E-state index is -0.561. The Balaban J connectivity index is 2.32. The van der Waals surface area contributed by atoms with Crippen LogP contribution in [-0.4, -0.2) is 43.5 Å². The maximum Gasteiger partial charge on any atom is 0.323 e. The summed E-state index contributed by atoms with van der Waals surface area (Å²) in [4.78, 5) is 26.4. The zero-order chi connectivity index (χ0) is 17.9. The van der Waals surface area contributed by atoms with E-state index in [2.05, 4.69) is 5.32 Å². The van der Waals surface area contributed by atoms with Crippen LogP contribution in [0.5, 0.6) is 0 Å². The first-order chi connectivity index (χ1) is 11.4. The molecule has 1 aromatic carbocycles. The van der Waals surface area contributed by atoms with Crippen molar-refractivity contribution < 1.29 is 18.7 Å². The molecule has 2 rings (SSSR count). The number of rotatable bonds is 5. The van der Waals surface area contributed by atoms with Crippen LogP contribution >= 0.6 is 0 Å². The van der Waals surface area contributed by atoms with Gasteiger partial charge in [-0.25, -0.2) is 4.39 Å². The Morgan fingerprint density at radius 1 is 1.38 bits per heavy atom. The van der Waals surface area contributed by atoms with Crippen molar-refractivity contribution >= 4 is 11.9 Å². The van der Waals surface area contributed by atoms with Gasteiger partial charge < -0.3 is 10.1 Å². The Kier molecular flexibility index (Phi) is 5.94. The van der Waals surface area contributed by atoms with Gasteiger partial charge in [-0.1, -0.05) is 32.0 Å². The minimum absolute atomic E-state index is 0.157. The third kappa shape index (κ3) is 3.75. The van der Waals surface area contributed by atoms with Gasteiger partial charge in [0.05, 0.1) is 13.0 Å². The molecule has 0 bridgehead atoms. The number of carbonyl (C=O) groups excluding carboxylic acids is 2. The van der Waals surface area contributed by atoms with Gasteiger partial charge in [0.15, 0.2) is 0 Å². The number of amides is 1. The number of nitrogens with zero attached hydrogens (tertiary/aromatic N) is 1. The highest BCUT2D eigenvalue weighted by Gasteiger charge is 2.47. The highest BCUT2D eigenvalue weighted by Crippen LogP contribution is 2.41. The number of hydrogen-bond acceptors (Lipinski definition) is 4. The molecule has 1 amide bonds. The van der Waals surface area contributed by atoms with E-state index in [0.29, 0.717) is 24.4 Å². The van der Waals surface area contributed by atoms with Gasteiger partial charge in [-0.05, 0) is 25.5 Å². The average molecular weight is 336 g/mol. The largest absolute Gasteiger partial charge is 0.468 e. The third-order valence-corrected chi connectivity index (χ3v) is 4.51. The van der Waals surface area contributed by atoms with Gasteiger partial charge in [0, 0.05) is 18.2 Å². The lowest BCUT2D eigenvalue weighted by Gasteiger charge is -2.27. The average Bonchev–Trinajstić information content (AvgIpc) is 2.89. The molecule has 0 aliphatic carbocycles. The summed E-state index contributed by atoms with van der Waals surface area (Å²) in [7, 11) is 3.05. The SMILES string of the molecule is COC(=O)[C@@H]1C[C@H](C(=O)NCC(C)C)[C@H](c2ccccc2F)N1C. The van der Waals surface area contributed by atoms with E-state index in [9.17, 15) is 14.0 Å². The molecule has 0 radical (unpaired) electrons. The van der Waals surface area contributed by atoms with Crippen molar-refractivity contribution in [2.75, 3.05) is 20.7 Å². The lowest BCUT2D eigenvalue weighted by molar-refractivity contribution is -0.145. The van der Waals surface area contributed by atoms with Gasteiger partial charge in [0.1, 0.15) is 11.9 Å². The zero-order valence-electron chi connectivity index (χ0n) is 14.6. The Morgan fingerprint density at radius 3 is 2.62 bits per heavy atom. The second-order valence-corrected chi connectivity index (χ2v) is 6.65. The Labute approximate surface area is 142 Å². The van der Waals surface area contributed by atoms with Gasteiger partial charge in [0.25, 0.3) is 0 Å². The molecule has 5 nitrogen and oxygen atoms in total. The van der Waals surface area contributed by atoms with Crippen LogP contribution < -0.4 is 5.32 Å². The first kappa shape index (κ1) is 18.4. The summed E-state index contributed by atoms with van der Waals surface area (Å²) in [6, 6.07) is 5.33. The normalized spacial score (nSPS) is 24.2. The molecule has 1 fully saturated rings. The molecule has 1 aliphatic heterocycles. The van der Waals surface area contributed by atoms with Gasteiger partial charge in [0.2, 0.25) is 5.91 Å². The van der Waals surface area contributed by atoms with Crippen LogP contribution in [0, 0.1) is 17.7 Å². The van der Waals surface area contributed by atoms with E-state index in [1.165, 1.54) is 13.2 Å². The summed E-state index contributed by atoms with van der Waals surface area (Å²) in [5.74, 6) is -1.12. The van der Waals surface area contributed by atoms with Crippen LogP contribution in [0.2, 0.25) is 0 Å². The fraction of sp³-hybridized carbons (Fsp3) is 0.556. The van der Waals surface area contributed by atoms with Crippen molar-refractivity contribution in [3.63, 3.8) is 0 Å². The van der Waals surface area contributed by atoms with Crippen molar-refractivity contribution in [3.8, 4) is 0 Å². The van der Waals surface area contributed by atoms with E-state index >= 15 is 0 Å². The molecule has 0 saturated carbocycles. The van der Waals surface area contributed by atoms with Crippen LogP contribution in [0.4, 0.5) is 4.39 Å². The Hall–Kier alpha value is -1.95. The number of ether oxygens (including phenoxy) is 1. The second kappa shape index (κ2) is 7.75. The Bertz CT molecular complexity index is 606. The second-order valence-electron chi connectivity index (χ2n) is 6.65. The molecule has 1 heterocycles. The third-order valence-electron chi connectivity index (χ3n) is 4.51. The molecule has 1 aliphatic rings. The van der Waals surface area contributed by atoms with Crippen LogP contribution in [0.3, 0.4) is 0 Å². The monoisotopic (exact) mass is 336 g/mol. The molecule has 0 unspecified atom stereocenters. The summed E-state index contributed by atoms with van der Waals surface area (Å²) in [6.45, 7) is 4.56. The predicted octanol–water partition coefficient (Wildman–Crippen LogP) is 2.13. The number of likely N-dealkylation sites (tertiary alicyclic amines) is 1. The molecule has 24 heavy (non-hydrogen) atoms. The smallest absolute Gasteiger partial charge is 0.323 e. The van der Waals surface area contributed by atoms with Crippen LogP contribution in [0.15, 0.2) is 24.3 Å². The van der Waals surface area contributed by atoms with E-state index in [1.807, 2.05) is 13.8 Å². The summed E-state index contributed by atoms with van der Waals surface area (Å²) >= 11 is 0. The van der Waals surface area contributed by atoms with E-state index < -0.39 is 24.0 Å². The Morgan fingerprint density at radius 2 is 2.04 bits per heavy atom. The minimum Gasteiger partial charge on any atom is -0.468 e. The van der Waals surface area contributed by atoms with Crippen LogP contribution in [0.1, 0.15) is 31.9 Å². The van der Waals surface area contributed by atoms with Gasteiger partial charge in [-0.15, -0.1) is 0 Å². The summed E-state index contributed by atoms with van der Waals surface area (Å²) in [5.41, 5.74) is 0.427. The predicted molar refractivity (Wildman–Crippen MR) is 88.7 cm³/mol. The molecule has 6 heteroatoms. The highest BCUT2D eigenvalue weighted by molar-refractivity contribution is 5.83. The standard InChI is InChI=1S/C18H25FN2O3/c1-11(2)10-20-17(22)13-9-15(18(23)24-4)21(3)16(13)12-7-5-6-8-14(12)19/h5-8,11,13,15-16H,9-10H2,1-4H3,(H,20,22)/t13-,15-,16-/m0/s1. The zero-order valence-corrected chi connectivity index (χ0v) is 14.6. The molecule has 132 valence electrons. The number of esters is 1. The number of methoxy groups -OCH3 is 1. The fourth-order valence-electron chi connectivity index (χ4n) is 3.25. The topological polar surface area (TPSA) is 58.6 Å². The maximum absolute atomic E-state index is 14.3. The van der Waals surface area contributed by atoms with Crippen molar-refractivity contribution in [1.29, 1.82) is 0 Å². The van der Waals surface area contributed by atoms with Crippen LogP contribution in [0.25, 0.3) is 0 Å². The molecule has 1 saturated heterocycles. The number of nitrogens with one attached hydrogen (secondary N) is 1. The number of likely N-dealkylation sites (N-methyl/N-ethyl adjacent to an activating group) is 1. The van der Waals surface area contributed by atoms with Gasteiger partial charge >= 0.3 is 5.97 Å². The van der Waals surface area contributed by atoms with Crippen molar-refractivity contribution in [1.82, 2.24) is 10.2 Å². The van der Waals surface area contributed by atoms with Crippen molar-refractivity contribution in [3.05, 3.63) is 35.6 Å². The summed E-state index contributed by atoms with van der Waals surface area (Å²) < 4.78 is 19.1. The maximum atomic E-state index is 14.3. The first-order valence-electron chi connectivity index (χ1n) is 8.18. The van der Waals surface area contributed by atoms with Crippen molar-refractivity contribution in [2.45, 2.75) is 32.4 Å². The fourth-order valence-corrected chi connectivity index (χ4v) is 3.25. The molecule has 3 atom stereocenters. The molecular formula is C18H25FN2O3. The van der Waals surface area contributed by atoms with E-state index in [4.69, 9.17) is 4.74 Å². The molecule has 0 aromatic heterocycles. The molecule has 1 aromatic rings. The number of halogens is 1. The van der Waals surface area contributed by atoms with Crippen LogP contribution in [-0.2, 0) is 14.3 Å². The van der Waals surface area contributed by atoms with E-state index in [0.717, 1.165) is 0 Å². The summed E-state index contributed by atoms with van der Waals surface area (Å²) in [5, 5.41) is 2.90. The number of benzene rings is 1. The van der Waals surface area contributed by atoms with E-state index in [1.54, 1.807) is 30.1 Å². The van der Waals surface area contributed by atoms with Gasteiger partial charge in [-0.3, -0.25) is 14.5 Å². The first-order valence-corrected chi connectivity index (χ1v) is 8.18. The summed E-state index contributed by atoms with van der Waals surface area (Å²) in [6.07, 6.45) is 0.312. The van der Waals surface area contributed by atoms with E-state index in [-0.39, 0.29) is 11.7 Å². The number of hydrogen-bond donors (Lipinski definition) is 1. The number of carbonyl (C=O) groups is 2.